The number of esters is 1. The Bertz CT molecular complexity index is 1160. The van der Waals surface area contributed by atoms with Crippen LogP contribution in [-0.4, -0.2) is 53.1 Å². The number of amides is 2. The van der Waals surface area contributed by atoms with Gasteiger partial charge in [0, 0.05) is 24.2 Å². The van der Waals surface area contributed by atoms with E-state index in [9.17, 15) is 14.4 Å². The van der Waals surface area contributed by atoms with Crippen molar-refractivity contribution in [3.05, 3.63) is 65.2 Å². The lowest BCUT2D eigenvalue weighted by atomic mass is 10.2. The fourth-order valence-corrected chi connectivity index (χ4v) is 5.25. The van der Waals surface area contributed by atoms with Crippen molar-refractivity contribution in [2.75, 3.05) is 30.8 Å². The maximum atomic E-state index is 12.6. The van der Waals surface area contributed by atoms with Crippen LogP contribution in [0.4, 0.5) is 5.69 Å². The van der Waals surface area contributed by atoms with Crippen molar-refractivity contribution < 1.29 is 19.1 Å². The lowest BCUT2D eigenvalue weighted by Gasteiger charge is -2.14. The minimum Gasteiger partial charge on any atom is -0.462 e. The molecule has 1 saturated heterocycles. The number of anilines is 1. The third-order valence-corrected chi connectivity index (χ3v) is 7.36. The van der Waals surface area contributed by atoms with E-state index >= 15 is 0 Å². The summed E-state index contributed by atoms with van der Waals surface area (Å²) in [5, 5.41) is 3.49. The van der Waals surface area contributed by atoms with Crippen LogP contribution in [-0.2, 0) is 9.53 Å². The molecule has 3 aromatic rings. The molecule has 0 unspecified atom stereocenters. The van der Waals surface area contributed by atoms with Crippen LogP contribution in [0.5, 0.6) is 0 Å². The van der Waals surface area contributed by atoms with E-state index in [1.165, 1.54) is 23.1 Å². The van der Waals surface area contributed by atoms with Crippen LogP contribution in [0.25, 0.3) is 10.4 Å². The Labute approximate surface area is 206 Å². The Balaban J connectivity index is 1.39. The van der Waals surface area contributed by atoms with Crippen LogP contribution in [0.1, 0.15) is 39.8 Å². The van der Waals surface area contributed by atoms with Gasteiger partial charge in [-0.15, -0.1) is 11.3 Å². The summed E-state index contributed by atoms with van der Waals surface area (Å²) in [6.45, 7) is 3.58. The Morgan fingerprint density at radius 1 is 1.12 bits per heavy atom. The quantitative estimate of drug-likeness (QED) is 0.351. The van der Waals surface area contributed by atoms with Gasteiger partial charge in [0.05, 0.1) is 28.6 Å². The highest BCUT2D eigenvalue weighted by atomic mass is 32.2. The van der Waals surface area contributed by atoms with Gasteiger partial charge in [-0.1, -0.05) is 42.1 Å². The van der Waals surface area contributed by atoms with Gasteiger partial charge < -0.3 is 15.0 Å². The number of ether oxygens (including phenoxy) is 1. The molecule has 1 N–H and O–H groups in total. The smallest absolute Gasteiger partial charge is 0.350 e. The molecule has 34 heavy (non-hydrogen) atoms. The van der Waals surface area contributed by atoms with E-state index < -0.39 is 5.97 Å². The molecule has 1 aliphatic rings. The zero-order valence-electron chi connectivity index (χ0n) is 18.8. The largest absolute Gasteiger partial charge is 0.462 e. The highest BCUT2D eigenvalue weighted by Gasteiger charge is 2.21. The van der Waals surface area contributed by atoms with Gasteiger partial charge in [0.15, 0.2) is 0 Å². The molecule has 3 heterocycles. The number of pyridine rings is 1. The molecule has 1 aliphatic heterocycles. The van der Waals surface area contributed by atoms with Crippen LogP contribution >= 0.6 is 23.1 Å². The van der Waals surface area contributed by atoms with Crippen molar-refractivity contribution in [1.29, 1.82) is 0 Å². The van der Waals surface area contributed by atoms with Gasteiger partial charge >= 0.3 is 5.97 Å². The van der Waals surface area contributed by atoms with Gasteiger partial charge in [0.25, 0.3) is 5.91 Å². The van der Waals surface area contributed by atoms with Gasteiger partial charge in [-0.3, -0.25) is 9.59 Å². The first-order valence-corrected chi connectivity index (χ1v) is 12.9. The van der Waals surface area contributed by atoms with Crippen LogP contribution < -0.4 is 5.32 Å². The van der Waals surface area contributed by atoms with Crippen molar-refractivity contribution in [2.45, 2.75) is 24.8 Å². The number of thioether (sulfide) groups is 1. The summed E-state index contributed by atoms with van der Waals surface area (Å²) in [5.41, 5.74) is 1.95. The SMILES string of the molecule is CCOC(=O)c1sc(-c2ccccc2)cc1NC(=O)CSc1ccc(C(=O)N2CCCC2)cn1. The molecule has 0 saturated carbocycles. The maximum absolute atomic E-state index is 12.6. The first-order chi connectivity index (χ1) is 16.5. The molecule has 0 radical (unpaired) electrons. The lowest BCUT2D eigenvalue weighted by Crippen LogP contribution is -2.27. The zero-order valence-corrected chi connectivity index (χ0v) is 20.4. The minimum atomic E-state index is -0.461. The van der Waals surface area contributed by atoms with Gasteiger partial charge in [0.2, 0.25) is 5.91 Å². The number of hydrogen-bond acceptors (Lipinski definition) is 7. The van der Waals surface area contributed by atoms with Gasteiger partial charge in [0.1, 0.15) is 4.88 Å². The number of benzene rings is 1. The highest BCUT2D eigenvalue weighted by molar-refractivity contribution is 7.99. The molecule has 9 heteroatoms. The molecular formula is C25H25N3O4S2. The molecular weight excluding hydrogens is 470 g/mol. The van der Waals surface area contributed by atoms with E-state index in [0.717, 1.165) is 36.4 Å². The first kappa shape index (κ1) is 24.0. The third-order valence-electron chi connectivity index (χ3n) is 5.25. The van der Waals surface area contributed by atoms with Crippen molar-refractivity contribution in [3.63, 3.8) is 0 Å². The van der Waals surface area contributed by atoms with Crippen molar-refractivity contribution >= 4 is 46.6 Å². The van der Waals surface area contributed by atoms with Gasteiger partial charge in [-0.2, -0.15) is 0 Å². The fourth-order valence-electron chi connectivity index (χ4n) is 3.60. The molecule has 1 fully saturated rings. The van der Waals surface area contributed by atoms with Crippen LogP contribution in [0.2, 0.25) is 0 Å². The highest BCUT2D eigenvalue weighted by Crippen LogP contribution is 2.35. The first-order valence-electron chi connectivity index (χ1n) is 11.1. The molecule has 0 bridgehead atoms. The van der Waals surface area contributed by atoms with Gasteiger partial charge in [-0.25, -0.2) is 9.78 Å². The number of carbonyl (C=O) groups is 3. The van der Waals surface area contributed by atoms with E-state index in [0.29, 0.717) is 21.2 Å². The van der Waals surface area contributed by atoms with E-state index in [2.05, 4.69) is 10.3 Å². The maximum Gasteiger partial charge on any atom is 0.350 e. The lowest BCUT2D eigenvalue weighted by molar-refractivity contribution is -0.113. The van der Waals surface area contributed by atoms with Crippen molar-refractivity contribution in [2.24, 2.45) is 0 Å². The molecule has 2 aromatic heterocycles. The average molecular weight is 496 g/mol. The summed E-state index contributed by atoms with van der Waals surface area (Å²) in [6.07, 6.45) is 3.64. The Morgan fingerprint density at radius 2 is 1.88 bits per heavy atom. The molecule has 2 amide bonds. The minimum absolute atomic E-state index is 0.00235. The van der Waals surface area contributed by atoms with Crippen molar-refractivity contribution in [3.8, 4) is 10.4 Å². The average Bonchev–Trinajstić information content (AvgIpc) is 3.54. The van der Waals surface area contributed by atoms with E-state index in [1.807, 2.05) is 35.2 Å². The van der Waals surface area contributed by atoms with Crippen LogP contribution in [0.3, 0.4) is 0 Å². The Morgan fingerprint density at radius 3 is 2.56 bits per heavy atom. The number of likely N-dealkylation sites (tertiary alicyclic amines) is 1. The number of thiophene rings is 1. The van der Waals surface area contributed by atoms with Gasteiger partial charge in [-0.05, 0) is 43.5 Å². The standard InChI is InChI=1S/C25H25N3O4S2/c1-2-32-25(31)23-19(14-20(34-23)17-8-4-3-5-9-17)27-21(29)16-33-22-11-10-18(15-26-22)24(30)28-12-6-7-13-28/h3-5,8-11,14-15H,2,6-7,12-13,16H2,1H3,(H,27,29). The summed E-state index contributed by atoms with van der Waals surface area (Å²) < 4.78 is 5.17. The number of aromatic nitrogens is 1. The molecule has 1 aromatic carbocycles. The summed E-state index contributed by atoms with van der Waals surface area (Å²) >= 11 is 2.55. The Hall–Kier alpha value is -3.17. The van der Waals surface area contributed by atoms with E-state index in [-0.39, 0.29) is 24.2 Å². The van der Waals surface area contributed by atoms with Crippen LogP contribution in [0.15, 0.2) is 59.8 Å². The number of carbonyl (C=O) groups excluding carboxylic acids is 3. The topological polar surface area (TPSA) is 88.6 Å². The summed E-state index contributed by atoms with van der Waals surface area (Å²) in [6, 6.07) is 15.0. The number of nitrogens with zero attached hydrogens (tertiary/aromatic N) is 2. The predicted molar refractivity (Wildman–Crippen MR) is 134 cm³/mol. The summed E-state index contributed by atoms with van der Waals surface area (Å²) in [5.74, 6) is -0.604. The number of rotatable bonds is 8. The number of nitrogens with one attached hydrogen (secondary N) is 1. The second kappa shape index (κ2) is 11.3. The molecule has 0 spiro atoms. The molecule has 7 nitrogen and oxygen atoms in total. The predicted octanol–water partition coefficient (Wildman–Crippen LogP) is 4.95. The molecule has 0 atom stereocenters. The second-order valence-electron chi connectivity index (χ2n) is 7.66. The Kier molecular flexibility index (Phi) is 7.97. The number of hydrogen-bond donors (Lipinski definition) is 1. The van der Waals surface area contributed by atoms with Crippen LogP contribution in [0, 0.1) is 0 Å². The van der Waals surface area contributed by atoms with E-state index in [1.54, 1.807) is 31.3 Å². The second-order valence-corrected chi connectivity index (χ2v) is 9.71. The van der Waals surface area contributed by atoms with Crippen molar-refractivity contribution in [1.82, 2.24) is 9.88 Å². The summed E-state index contributed by atoms with van der Waals surface area (Å²) in [4.78, 5) is 44.9. The molecule has 0 aliphatic carbocycles. The monoisotopic (exact) mass is 495 g/mol. The molecule has 4 rings (SSSR count). The fraction of sp³-hybridized carbons (Fsp3) is 0.280. The molecule has 176 valence electrons. The normalized spacial score (nSPS) is 13.0. The van der Waals surface area contributed by atoms with E-state index in [4.69, 9.17) is 4.74 Å². The zero-order chi connectivity index (χ0) is 23.9. The third kappa shape index (κ3) is 5.84. The summed E-state index contributed by atoms with van der Waals surface area (Å²) in [7, 11) is 0.